The molecule has 1 saturated carbocycles. The zero-order chi connectivity index (χ0) is 15.1. The number of likely N-dealkylation sites (N-methyl/N-ethyl adjacent to an activating group) is 1. The lowest BCUT2D eigenvalue weighted by atomic mass is 9.78. The van der Waals surface area contributed by atoms with E-state index in [1.165, 1.54) is 4.90 Å². The van der Waals surface area contributed by atoms with E-state index in [4.69, 9.17) is 4.74 Å². The van der Waals surface area contributed by atoms with E-state index >= 15 is 0 Å². The summed E-state index contributed by atoms with van der Waals surface area (Å²) in [5, 5.41) is 18.9. The molecule has 116 valence electrons. The normalized spacial score (nSPS) is 24.1. The van der Waals surface area contributed by atoms with E-state index < -0.39 is 24.1 Å². The van der Waals surface area contributed by atoms with Crippen LogP contribution < -0.4 is 0 Å². The molecular weight excluding hydrogens is 262 g/mol. The number of aliphatic hydroxyl groups is 1. The van der Waals surface area contributed by atoms with Gasteiger partial charge in [-0.3, -0.25) is 9.59 Å². The molecule has 1 aliphatic rings. The van der Waals surface area contributed by atoms with Gasteiger partial charge in [0, 0.05) is 13.2 Å². The van der Waals surface area contributed by atoms with Crippen molar-refractivity contribution in [2.24, 2.45) is 11.8 Å². The fourth-order valence-electron chi connectivity index (χ4n) is 2.77. The Hall–Kier alpha value is -1.14. The van der Waals surface area contributed by atoms with Gasteiger partial charge in [0.2, 0.25) is 5.91 Å². The van der Waals surface area contributed by atoms with Gasteiger partial charge in [0.15, 0.2) is 6.29 Å². The lowest BCUT2D eigenvalue weighted by molar-refractivity contribution is -0.157. The number of nitrogens with zero attached hydrogens (tertiary/aromatic N) is 1. The lowest BCUT2D eigenvalue weighted by Crippen LogP contribution is -2.45. The highest BCUT2D eigenvalue weighted by Gasteiger charge is 2.37. The highest BCUT2D eigenvalue weighted by Crippen LogP contribution is 2.31. The minimum Gasteiger partial charge on any atom is -0.481 e. The van der Waals surface area contributed by atoms with Gasteiger partial charge >= 0.3 is 5.97 Å². The zero-order valence-electron chi connectivity index (χ0n) is 12.2. The standard InChI is InChI=1S/C14H25NO5/c1-3-15(9-12(16)20-4-2)13(17)10-7-5-6-8-11(10)14(18)19/h10-12,16H,3-9H2,1-2H3,(H,18,19). The first kappa shape index (κ1) is 16.9. The largest absolute Gasteiger partial charge is 0.481 e. The van der Waals surface area contributed by atoms with Crippen LogP contribution in [0.15, 0.2) is 0 Å². The first-order chi connectivity index (χ1) is 9.51. The maximum atomic E-state index is 12.5. The Morgan fingerprint density at radius 3 is 2.35 bits per heavy atom. The van der Waals surface area contributed by atoms with Gasteiger partial charge in [0.25, 0.3) is 0 Å². The minimum atomic E-state index is -1.02. The van der Waals surface area contributed by atoms with Gasteiger partial charge in [0.05, 0.1) is 18.4 Å². The number of rotatable bonds is 7. The molecule has 0 aromatic carbocycles. The smallest absolute Gasteiger partial charge is 0.307 e. The number of hydrogen-bond donors (Lipinski definition) is 2. The predicted octanol–water partition coefficient (Wildman–Crippen LogP) is 1.08. The Kier molecular flexibility index (Phi) is 6.95. The number of carbonyl (C=O) groups is 2. The van der Waals surface area contributed by atoms with Gasteiger partial charge < -0.3 is 19.8 Å². The Morgan fingerprint density at radius 2 is 1.85 bits per heavy atom. The molecule has 3 atom stereocenters. The molecule has 0 aromatic heterocycles. The minimum absolute atomic E-state index is 0.0893. The lowest BCUT2D eigenvalue weighted by Gasteiger charge is -2.33. The predicted molar refractivity (Wildman–Crippen MR) is 73.0 cm³/mol. The molecule has 2 N–H and O–H groups in total. The van der Waals surface area contributed by atoms with Gasteiger partial charge in [-0.15, -0.1) is 0 Å². The molecule has 0 bridgehead atoms. The van der Waals surface area contributed by atoms with E-state index in [1.54, 1.807) is 6.92 Å². The number of ether oxygens (including phenoxy) is 1. The third kappa shape index (κ3) is 4.45. The molecule has 6 nitrogen and oxygen atoms in total. The fraction of sp³-hybridized carbons (Fsp3) is 0.857. The molecule has 0 aliphatic heterocycles. The van der Waals surface area contributed by atoms with Crippen LogP contribution in [0, 0.1) is 11.8 Å². The van der Waals surface area contributed by atoms with E-state index in [1.807, 2.05) is 6.92 Å². The summed E-state index contributed by atoms with van der Waals surface area (Å²) in [5.41, 5.74) is 0. The van der Waals surface area contributed by atoms with Crippen molar-refractivity contribution in [2.75, 3.05) is 19.7 Å². The number of amides is 1. The summed E-state index contributed by atoms with van der Waals surface area (Å²) in [6.45, 7) is 4.48. The number of aliphatic hydroxyl groups excluding tert-OH is 1. The maximum absolute atomic E-state index is 12.5. The van der Waals surface area contributed by atoms with Crippen LogP contribution >= 0.6 is 0 Å². The average molecular weight is 287 g/mol. The fourth-order valence-corrected chi connectivity index (χ4v) is 2.77. The van der Waals surface area contributed by atoms with Gasteiger partial charge in [-0.25, -0.2) is 0 Å². The Labute approximate surface area is 119 Å². The van der Waals surface area contributed by atoms with E-state index in [0.29, 0.717) is 26.0 Å². The monoisotopic (exact) mass is 287 g/mol. The molecule has 0 aromatic rings. The molecular formula is C14H25NO5. The second-order valence-corrected chi connectivity index (χ2v) is 5.12. The van der Waals surface area contributed by atoms with Crippen LogP contribution in [0.4, 0.5) is 0 Å². The van der Waals surface area contributed by atoms with Crippen LogP contribution in [0.25, 0.3) is 0 Å². The highest BCUT2D eigenvalue weighted by atomic mass is 16.6. The van der Waals surface area contributed by atoms with E-state index in [0.717, 1.165) is 12.8 Å². The van der Waals surface area contributed by atoms with Crippen molar-refractivity contribution in [1.29, 1.82) is 0 Å². The summed E-state index contributed by atoms with van der Waals surface area (Å²) in [4.78, 5) is 25.2. The summed E-state index contributed by atoms with van der Waals surface area (Å²) in [5.74, 6) is -2.16. The summed E-state index contributed by atoms with van der Waals surface area (Å²) < 4.78 is 5.03. The van der Waals surface area contributed by atoms with E-state index in [9.17, 15) is 19.8 Å². The van der Waals surface area contributed by atoms with Gasteiger partial charge in [-0.1, -0.05) is 12.8 Å². The van der Waals surface area contributed by atoms with Crippen LogP contribution in [0.3, 0.4) is 0 Å². The number of carboxylic acids is 1. The Morgan fingerprint density at radius 1 is 1.25 bits per heavy atom. The maximum Gasteiger partial charge on any atom is 0.307 e. The van der Waals surface area contributed by atoms with Crippen molar-refractivity contribution in [2.45, 2.75) is 45.8 Å². The Balaban J connectivity index is 2.70. The van der Waals surface area contributed by atoms with Gasteiger partial charge in [0.1, 0.15) is 0 Å². The van der Waals surface area contributed by atoms with Crippen molar-refractivity contribution in [3.8, 4) is 0 Å². The quantitative estimate of drug-likeness (QED) is 0.684. The topological polar surface area (TPSA) is 87.1 Å². The molecule has 1 amide bonds. The molecule has 0 radical (unpaired) electrons. The average Bonchev–Trinajstić information content (AvgIpc) is 2.44. The van der Waals surface area contributed by atoms with Crippen molar-refractivity contribution in [1.82, 2.24) is 4.90 Å². The van der Waals surface area contributed by atoms with Crippen LogP contribution in [-0.2, 0) is 14.3 Å². The molecule has 0 spiro atoms. The van der Waals surface area contributed by atoms with Crippen molar-refractivity contribution in [3.05, 3.63) is 0 Å². The molecule has 20 heavy (non-hydrogen) atoms. The number of carboxylic acid groups (broad SMARTS) is 1. The third-order valence-electron chi connectivity index (χ3n) is 3.83. The summed E-state index contributed by atoms with van der Waals surface area (Å²) >= 11 is 0. The number of hydrogen-bond acceptors (Lipinski definition) is 4. The van der Waals surface area contributed by atoms with Crippen LogP contribution in [0.5, 0.6) is 0 Å². The first-order valence-corrected chi connectivity index (χ1v) is 7.32. The second-order valence-electron chi connectivity index (χ2n) is 5.12. The molecule has 0 saturated heterocycles. The summed E-state index contributed by atoms with van der Waals surface area (Å²) in [6.07, 6.45) is 1.88. The highest BCUT2D eigenvalue weighted by molar-refractivity contribution is 5.85. The first-order valence-electron chi connectivity index (χ1n) is 7.32. The van der Waals surface area contributed by atoms with Crippen molar-refractivity contribution < 1.29 is 24.5 Å². The molecule has 6 heteroatoms. The van der Waals surface area contributed by atoms with E-state index in [2.05, 4.69) is 0 Å². The SMILES string of the molecule is CCOC(O)CN(CC)C(=O)C1CCCCC1C(=O)O. The van der Waals surface area contributed by atoms with Gasteiger partial charge in [-0.2, -0.15) is 0 Å². The summed E-state index contributed by atoms with van der Waals surface area (Å²) in [7, 11) is 0. The van der Waals surface area contributed by atoms with E-state index in [-0.39, 0.29) is 12.5 Å². The van der Waals surface area contributed by atoms with Crippen LogP contribution in [-0.4, -0.2) is 53.0 Å². The molecule has 3 unspecified atom stereocenters. The van der Waals surface area contributed by atoms with Crippen LogP contribution in [0.2, 0.25) is 0 Å². The van der Waals surface area contributed by atoms with Crippen LogP contribution in [0.1, 0.15) is 39.5 Å². The van der Waals surface area contributed by atoms with Gasteiger partial charge in [-0.05, 0) is 26.7 Å². The molecule has 0 heterocycles. The molecule has 1 aliphatic carbocycles. The molecule has 1 fully saturated rings. The molecule has 1 rings (SSSR count). The summed E-state index contributed by atoms with van der Waals surface area (Å²) in [6, 6.07) is 0. The third-order valence-corrected chi connectivity index (χ3v) is 3.83. The second kappa shape index (κ2) is 8.21. The number of aliphatic carboxylic acids is 1. The van der Waals surface area contributed by atoms with Crippen molar-refractivity contribution in [3.63, 3.8) is 0 Å². The zero-order valence-corrected chi connectivity index (χ0v) is 12.2. The number of carbonyl (C=O) groups excluding carboxylic acids is 1. The Bertz CT molecular complexity index is 334. The van der Waals surface area contributed by atoms with Crippen molar-refractivity contribution >= 4 is 11.9 Å².